The first-order valence-corrected chi connectivity index (χ1v) is 6.56. The minimum atomic E-state index is 0.187. The third-order valence-corrected chi connectivity index (χ3v) is 3.74. The van der Waals surface area contributed by atoms with Crippen molar-refractivity contribution in [3.05, 3.63) is 18.1 Å². The van der Waals surface area contributed by atoms with Gasteiger partial charge in [-0.05, 0) is 22.2 Å². The van der Waals surface area contributed by atoms with Crippen LogP contribution >= 0.6 is 9.39 Å². The number of hydrogen-bond acceptors (Lipinski definition) is 5. The zero-order valence-electron chi connectivity index (χ0n) is 9.85. The molecule has 0 aromatic carbocycles. The fraction of sp³-hybridized carbons (Fsp3) is 0.455. The maximum atomic E-state index is 9.17. The summed E-state index contributed by atoms with van der Waals surface area (Å²) >= 11 is 0. The van der Waals surface area contributed by atoms with Crippen LogP contribution in [0, 0.1) is 0 Å². The molecule has 3 rings (SSSR count). The Kier molecular flexibility index (Phi) is 3.16. The Morgan fingerprint density at radius 3 is 3.06 bits per heavy atom. The van der Waals surface area contributed by atoms with E-state index in [9.17, 15) is 0 Å². The summed E-state index contributed by atoms with van der Waals surface area (Å²) in [6.07, 6.45) is 5.55. The third-order valence-electron chi connectivity index (χ3n) is 3.47. The molecule has 96 valence electrons. The molecule has 18 heavy (non-hydrogen) atoms. The van der Waals surface area contributed by atoms with Gasteiger partial charge in [-0.15, -0.1) is 0 Å². The number of aliphatic hydroxyl groups excluding tert-OH is 1. The van der Waals surface area contributed by atoms with Gasteiger partial charge in [-0.2, -0.15) is 0 Å². The van der Waals surface area contributed by atoms with Crippen molar-refractivity contribution in [1.29, 1.82) is 0 Å². The van der Waals surface area contributed by atoms with E-state index in [0.717, 1.165) is 35.3 Å². The maximum Gasteiger partial charge on any atom is 0.156 e. The molecule has 2 aromatic heterocycles. The number of rotatable bonds is 3. The summed E-state index contributed by atoms with van der Waals surface area (Å²) in [6.45, 7) is 0.187. The van der Waals surface area contributed by atoms with Gasteiger partial charge in [-0.25, -0.2) is 9.97 Å². The van der Waals surface area contributed by atoms with E-state index in [1.54, 1.807) is 6.33 Å². The molecule has 3 atom stereocenters. The van der Waals surface area contributed by atoms with Crippen molar-refractivity contribution >= 4 is 26.2 Å². The molecule has 0 bridgehead atoms. The van der Waals surface area contributed by atoms with Crippen LogP contribution in [0.25, 0.3) is 11.0 Å². The fourth-order valence-corrected chi connectivity index (χ4v) is 2.76. The summed E-state index contributed by atoms with van der Waals surface area (Å²) in [6, 6.07) is 0.448. The smallest absolute Gasteiger partial charge is 0.156 e. The number of aliphatic hydroxyl groups is 1. The number of nitrogens with zero attached hydrogens (tertiary/aromatic N) is 2. The Morgan fingerprint density at radius 2 is 2.33 bits per heavy atom. The Bertz CT molecular complexity index is 557. The lowest BCUT2D eigenvalue weighted by Gasteiger charge is -2.11. The normalized spacial score (nSPS) is 23.7. The number of hydrogen-bond donors (Lipinski definition) is 4. The van der Waals surface area contributed by atoms with Crippen LogP contribution < -0.4 is 10.4 Å². The first-order chi connectivity index (χ1) is 8.83. The number of aromatic amines is 1. The van der Waals surface area contributed by atoms with Crippen molar-refractivity contribution in [3.63, 3.8) is 0 Å². The molecule has 2 aromatic rings. The lowest BCUT2D eigenvalue weighted by atomic mass is 10.1. The predicted octanol–water partition coefficient (Wildman–Crippen LogP) is 0.945. The molecule has 7 heteroatoms. The summed E-state index contributed by atoms with van der Waals surface area (Å²) < 4.78 is 0. The van der Waals surface area contributed by atoms with Gasteiger partial charge in [-0.1, -0.05) is 0 Å². The molecule has 1 fully saturated rings. The van der Waals surface area contributed by atoms with Gasteiger partial charge in [0.2, 0.25) is 0 Å². The lowest BCUT2D eigenvalue weighted by Crippen LogP contribution is -2.27. The minimum Gasteiger partial charge on any atom is -0.395 e. The van der Waals surface area contributed by atoms with Gasteiger partial charge in [0.1, 0.15) is 11.8 Å². The van der Waals surface area contributed by atoms with E-state index < -0.39 is 0 Å². The van der Waals surface area contributed by atoms with Crippen LogP contribution in [0.3, 0.4) is 0 Å². The van der Waals surface area contributed by atoms with Crippen LogP contribution in [0.15, 0.2) is 12.5 Å². The van der Waals surface area contributed by atoms with Gasteiger partial charge in [0.15, 0.2) is 5.82 Å². The zero-order valence-corrected chi connectivity index (χ0v) is 11.0. The van der Waals surface area contributed by atoms with E-state index in [-0.39, 0.29) is 18.7 Å². The Labute approximate surface area is 107 Å². The van der Waals surface area contributed by atoms with Crippen molar-refractivity contribution in [3.8, 4) is 0 Å². The standard InChI is InChI=1S/C11H16N5OP/c17-4-6-1-2-8(15-6)7-3-12-10-9(7)13-5-14-11(10)16-18/h3,5-6,8,12,15,17H,1-2,4,18H2,(H,13,14,16). The van der Waals surface area contributed by atoms with E-state index >= 15 is 0 Å². The Balaban J connectivity index is 1.98. The van der Waals surface area contributed by atoms with E-state index in [0.29, 0.717) is 0 Å². The zero-order chi connectivity index (χ0) is 12.5. The summed E-state index contributed by atoms with van der Waals surface area (Å²) in [5.41, 5.74) is 2.99. The van der Waals surface area contributed by atoms with E-state index in [4.69, 9.17) is 5.11 Å². The topological polar surface area (TPSA) is 85.9 Å². The molecule has 1 saturated heterocycles. The van der Waals surface area contributed by atoms with Crippen LogP contribution in [0.1, 0.15) is 24.4 Å². The summed E-state index contributed by atoms with van der Waals surface area (Å²) in [5.74, 6) is 0.771. The maximum absolute atomic E-state index is 9.17. The monoisotopic (exact) mass is 265 g/mol. The summed E-state index contributed by atoms with van der Waals surface area (Å²) in [4.78, 5) is 11.7. The first kappa shape index (κ1) is 11.8. The van der Waals surface area contributed by atoms with Crippen LogP contribution in [0.2, 0.25) is 0 Å². The van der Waals surface area contributed by atoms with E-state index in [1.165, 1.54) is 0 Å². The Hall–Kier alpha value is -1.23. The molecule has 0 saturated carbocycles. The summed E-state index contributed by atoms with van der Waals surface area (Å²) in [5, 5.41) is 15.6. The molecule has 4 N–H and O–H groups in total. The number of anilines is 1. The fourth-order valence-electron chi connectivity index (χ4n) is 2.54. The van der Waals surface area contributed by atoms with Gasteiger partial charge < -0.3 is 20.5 Å². The highest BCUT2D eigenvalue weighted by Gasteiger charge is 2.27. The van der Waals surface area contributed by atoms with E-state index in [1.807, 2.05) is 6.20 Å². The molecular formula is C11H16N5OP. The van der Waals surface area contributed by atoms with Crippen LogP contribution in [-0.2, 0) is 0 Å². The predicted molar refractivity (Wildman–Crippen MR) is 73.2 cm³/mol. The van der Waals surface area contributed by atoms with Crippen molar-refractivity contribution in [2.45, 2.75) is 24.9 Å². The number of fused-ring (bicyclic) bond motifs is 1. The van der Waals surface area contributed by atoms with Crippen LogP contribution in [0.4, 0.5) is 5.82 Å². The molecule has 0 amide bonds. The van der Waals surface area contributed by atoms with Crippen molar-refractivity contribution in [2.24, 2.45) is 0 Å². The molecule has 1 aliphatic heterocycles. The Morgan fingerprint density at radius 1 is 1.44 bits per heavy atom. The second-order valence-corrected chi connectivity index (χ2v) is 4.80. The van der Waals surface area contributed by atoms with Crippen molar-refractivity contribution < 1.29 is 5.11 Å². The first-order valence-electron chi connectivity index (χ1n) is 5.99. The largest absolute Gasteiger partial charge is 0.395 e. The van der Waals surface area contributed by atoms with Crippen molar-refractivity contribution in [2.75, 3.05) is 11.7 Å². The van der Waals surface area contributed by atoms with Gasteiger partial charge in [-0.3, -0.25) is 0 Å². The highest BCUT2D eigenvalue weighted by atomic mass is 31.0. The van der Waals surface area contributed by atoms with Gasteiger partial charge in [0, 0.05) is 23.8 Å². The average molecular weight is 265 g/mol. The van der Waals surface area contributed by atoms with Gasteiger partial charge in [0.25, 0.3) is 0 Å². The van der Waals surface area contributed by atoms with Crippen molar-refractivity contribution in [1.82, 2.24) is 20.3 Å². The molecule has 0 radical (unpaired) electrons. The SMILES string of the molecule is OCC1CCC(c2c[nH]c3c(NP)ncnc23)N1. The number of aromatic nitrogens is 3. The minimum absolute atomic E-state index is 0.187. The van der Waals surface area contributed by atoms with Crippen LogP contribution in [-0.4, -0.2) is 32.7 Å². The third kappa shape index (κ3) is 1.86. The number of H-pyrrole nitrogens is 1. The molecular weight excluding hydrogens is 249 g/mol. The highest BCUT2D eigenvalue weighted by molar-refractivity contribution is 7.18. The quantitative estimate of drug-likeness (QED) is 0.621. The molecule has 0 spiro atoms. The number of nitrogens with one attached hydrogen (secondary N) is 3. The highest BCUT2D eigenvalue weighted by Crippen LogP contribution is 2.32. The molecule has 6 nitrogen and oxygen atoms in total. The molecule has 3 unspecified atom stereocenters. The van der Waals surface area contributed by atoms with Crippen LogP contribution in [0.5, 0.6) is 0 Å². The lowest BCUT2D eigenvalue weighted by molar-refractivity contribution is 0.252. The molecule has 0 aliphatic carbocycles. The van der Waals surface area contributed by atoms with E-state index in [2.05, 4.69) is 34.7 Å². The molecule has 3 heterocycles. The van der Waals surface area contributed by atoms with Gasteiger partial charge in [0.05, 0.1) is 12.1 Å². The van der Waals surface area contributed by atoms with Gasteiger partial charge >= 0.3 is 0 Å². The second-order valence-electron chi connectivity index (χ2n) is 4.51. The molecule has 1 aliphatic rings. The second kappa shape index (κ2) is 4.80. The average Bonchev–Trinajstić information content (AvgIpc) is 3.03. The summed E-state index contributed by atoms with van der Waals surface area (Å²) in [7, 11) is 2.44.